The lowest BCUT2D eigenvalue weighted by atomic mass is 9.94. The number of rotatable bonds is 4. The zero-order valence-electron chi connectivity index (χ0n) is 18.9. The fourth-order valence-corrected chi connectivity index (χ4v) is 3.76. The third kappa shape index (κ3) is 6.58. The number of carbonyl (C=O) groups is 2. The molecule has 3 rings (SSSR count). The molecule has 0 bridgehead atoms. The van der Waals surface area contributed by atoms with Crippen LogP contribution in [0.25, 0.3) is 0 Å². The van der Waals surface area contributed by atoms with Gasteiger partial charge in [-0.15, -0.1) is 0 Å². The number of halogens is 2. The molecule has 1 aliphatic rings. The largest absolute Gasteiger partial charge is 0.444 e. The number of nitrogens with one attached hydrogen (secondary N) is 1. The van der Waals surface area contributed by atoms with Crippen molar-refractivity contribution in [1.29, 1.82) is 0 Å². The summed E-state index contributed by atoms with van der Waals surface area (Å²) in [6, 6.07) is 11.2. The quantitative estimate of drug-likeness (QED) is 0.636. The van der Waals surface area contributed by atoms with Crippen LogP contribution in [-0.4, -0.2) is 48.7 Å². The molecule has 33 heavy (non-hydrogen) atoms. The van der Waals surface area contributed by atoms with Crippen molar-refractivity contribution in [3.63, 3.8) is 0 Å². The number of benzene rings is 2. The van der Waals surface area contributed by atoms with Gasteiger partial charge in [-0.05, 0) is 50.6 Å². The highest BCUT2D eigenvalue weighted by molar-refractivity contribution is 6.30. The number of anilines is 1. The number of nitrogen functional groups attached to an aromatic ring is 1. The van der Waals surface area contributed by atoms with E-state index in [0.717, 1.165) is 0 Å². The van der Waals surface area contributed by atoms with Crippen molar-refractivity contribution in [3.05, 3.63) is 64.4 Å². The van der Waals surface area contributed by atoms with Crippen molar-refractivity contribution >= 4 is 29.3 Å². The first-order valence-corrected chi connectivity index (χ1v) is 11.1. The van der Waals surface area contributed by atoms with Gasteiger partial charge >= 0.3 is 6.09 Å². The predicted octanol–water partition coefficient (Wildman–Crippen LogP) is 4.42. The van der Waals surface area contributed by atoms with E-state index in [-0.39, 0.29) is 36.5 Å². The van der Waals surface area contributed by atoms with Crippen LogP contribution in [-0.2, 0) is 9.47 Å². The van der Waals surface area contributed by atoms with Gasteiger partial charge in [0, 0.05) is 31.2 Å². The van der Waals surface area contributed by atoms with Crippen molar-refractivity contribution in [2.75, 3.05) is 32.0 Å². The zero-order chi connectivity index (χ0) is 24.2. The Hall–Kier alpha value is -2.84. The van der Waals surface area contributed by atoms with Gasteiger partial charge in [0.05, 0.1) is 23.3 Å². The fraction of sp³-hybridized carbons (Fsp3) is 0.417. The summed E-state index contributed by atoms with van der Waals surface area (Å²) >= 11 is 5.85. The minimum Gasteiger partial charge on any atom is -0.444 e. The Morgan fingerprint density at radius 2 is 2.00 bits per heavy atom. The molecule has 1 saturated heterocycles. The van der Waals surface area contributed by atoms with E-state index in [1.165, 1.54) is 12.1 Å². The molecular formula is C24H29ClFN3O4. The number of para-hydroxylation sites is 1. The third-order valence-corrected chi connectivity index (χ3v) is 5.50. The zero-order valence-corrected chi connectivity index (χ0v) is 19.7. The minimum atomic E-state index is -0.655. The molecule has 178 valence electrons. The van der Waals surface area contributed by atoms with Crippen molar-refractivity contribution < 1.29 is 23.5 Å². The molecule has 0 aromatic heterocycles. The molecule has 7 nitrogen and oxygen atoms in total. The highest BCUT2D eigenvalue weighted by Crippen LogP contribution is 2.31. The van der Waals surface area contributed by atoms with Crippen LogP contribution >= 0.6 is 11.6 Å². The molecular weight excluding hydrogens is 449 g/mol. The Morgan fingerprint density at radius 1 is 1.27 bits per heavy atom. The van der Waals surface area contributed by atoms with Crippen LogP contribution in [0.5, 0.6) is 0 Å². The van der Waals surface area contributed by atoms with Crippen LogP contribution in [0.2, 0.25) is 5.02 Å². The summed E-state index contributed by atoms with van der Waals surface area (Å²) in [5, 5.41) is 2.88. The van der Waals surface area contributed by atoms with Crippen LogP contribution in [0.15, 0.2) is 42.5 Å². The summed E-state index contributed by atoms with van der Waals surface area (Å²) in [4.78, 5) is 27.0. The molecule has 2 aromatic rings. The topological polar surface area (TPSA) is 93.9 Å². The van der Waals surface area contributed by atoms with Gasteiger partial charge in [-0.25, -0.2) is 9.18 Å². The normalized spacial score (nSPS) is 19.0. The number of nitrogens with two attached hydrogens (primary N) is 1. The maximum atomic E-state index is 14.2. The summed E-state index contributed by atoms with van der Waals surface area (Å²) < 4.78 is 25.7. The standard InChI is InChI=1S/C24H29ClFN3O4/c1-24(2,3)33-23(31)29-10-11-32-21(15-8-9-18(25)19(26)12-15)16(14-29)13-28-22(30)17-6-4-5-7-20(17)27/h4-9,12,16,21H,10-11,13-14,27H2,1-3H3,(H,28,30)/t16-,21+/m1/s1. The summed E-state index contributed by atoms with van der Waals surface area (Å²) in [5.41, 5.74) is 6.54. The number of hydrogen-bond acceptors (Lipinski definition) is 5. The molecule has 9 heteroatoms. The first-order chi connectivity index (χ1) is 15.5. The van der Waals surface area contributed by atoms with Gasteiger partial charge in [0.2, 0.25) is 0 Å². The van der Waals surface area contributed by atoms with E-state index in [1.807, 2.05) is 0 Å². The monoisotopic (exact) mass is 477 g/mol. The second kappa shape index (κ2) is 10.4. The smallest absolute Gasteiger partial charge is 0.410 e. The molecule has 2 amide bonds. The molecule has 2 aromatic carbocycles. The van der Waals surface area contributed by atoms with Gasteiger partial charge < -0.3 is 25.4 Å². The molecule has 0 saturated carbocycles. The van der Waals surface area contributed by atoms with Gasteiger partial charge in [-0.2, -0.15) is 0 Å². The lowest BCUT2D eigenvalue weighted by molar-refractivity contribution is 0.0231. The average molecular weight is 478 g/mol. The maximum absolute atomic E-state index is 14.2. The van der Waals surface area contributed by atoms with E-state index < -0.39 is 23.6 Å². The van der Waals surface area contributed by atoms with Crippen molar-refractivity contribution in [1.82, 2.24) is 10.2 Å². The Bertz CT molecular complexity index is 1010. The van der Waals surface area contributed by atoms with Gasteiger partial charge in [-0.3, -0.25) is 4.79 Å². The first-order valence-electron chi connectivity index (χ1n) is 10.7. The summed E-state index contributed by atoms with van der Waals surface area (Å²) in [5.74, 6) is -1.29. The van der Waals surface area contributed by atoms with Crippen molar-refractivity contribution in [2.45, 2.75) is 32.5 Å². The third-order valence-electron chi connectivity index (χ3n) is 5.20. The van der Waals surface area contributed by atoms with Gasteiger partial charge in [0.25, 0.3) is 5.91 Å². The highest BCUT2D eigenvalue weighted by Gasteiger charge is 2.33. The Morgan fingerprint density at radius 3 is 2.67 bits per heavy atom. The number of ether oxygens (including phenoxy) is 2. The van der Waals surface area contributed by atoms with E-state index in [1.54, 1.807) is 56.0 Å². The molecule has 0 aliphatic carbocycles. The number of amides is 2. The number of hydrogen-bond donors (Lipinski definition) is 2. The summed E-state index contributed by atoms with van der Waals surface area (Å²) in [6.45, 7) is 6.32. The lowest BCUT2D eigenvalue weighted by Crippen LogP contribution is -2.43. The van der Waals surface area contributed by atoms with E-state index in [9.17, 15) is 14.0 Å². The summed E-state index contributed by atoms with van der Waals surface area (Å²) in [7, 11) is 0. The molecule has 2 atom stereocenters. The van der Waals surface area contributed by atoms with Crippen LogP contribution in [0.3, 0.4) is 0 Å². The Balaban J connectivity index is 1.83. The average Bonchev–Trinajstić information content (AvgIpc) is 2.96. The van der Waals surface area contributed by atoms with E-state index in [2.05, 4.69) is 5.32 Å². The highest BCUT2D eigenvalue weighted by atomic mass is 35.5. The Kier molecular flexibility index (Phi) is 7.81. The number of nitrogens with zero attached hydrogens (tertiary/aromatic N) is 1. The van der Waals surface area contributed by atoms with Gasteiger partial charge in [-0.1, -0.05) is 29.8 Å². The van der Waals surface area contributed by atoms with Crippen LogP contribution in [0.4, 0.5) is 14.9 Å². The van der Waals surface area contributed by atoms with Gasteiger partial charge in [0.1, 0.15) is 11.4 Å². The minimum absolute atomic E-state index is 0.00663. The summed E-state index contributed by atoms with van der Waals surface area (Å²) in [6.07, 6.45) is -1.05. The number of carbonyl (C=O) groups excluding carboxylic acids is 2. The van der Waals surface area contributed by atoms with Crippen molar-refractivity contribution in [2.24, 2.45) is 5.92 Å². The maximum Gasteiger partial charge on any atom is 0.410 e. The second-order valence-electron chi connectivity index (χ2n) is 8.95. The van der Waals surface area contributed by atoms with E-state index >= 15 is 0 Å². The predicted molar refractivity (Wildman–Crippen MR) is 125 cm³/mol. The lowest BCUT2D eigenvalue weighted by Gasteiger charge is -2.30. The van der Waals surface area contributed by atoms with E-state index in [4.69, 9.17) is 26.8 Å². The van der Waals surface area contributed by atoms with Crippen LogP contribution < -0.4 is 11.1 Å². The molecule has 1 aliphatic heterocycles. The molecule has 0 radical (unpaired) electrons. The molecule has 1 fully saturated rings. The SMILES string of the molecule is CC(C)(C)OC(=O)N1CCO[C@@H](c2ccc(Cl)c(F)c2)[C@H](CNC(=O)c2ccccc2N)C1. The fourth-order valence-electron chi connectivity index (χ4n) is 3.64. The van der Waals surface area contributed by atoms with E-state index in [0.29, 0.717) is 23.4 Å². The molecule has 0 spiro atoms. The van der Waals surface area contributed by atoms with Crippen LogP contribution in [0.1, 0.15) is 42.8 Å². The van der Waals surface area contributed by atoms with Crippen LogP contribution in [0, 0.1) is 11.7 Å². The van der Waals surface area contributed by atoms with Gasteiger partial charge in [0.15, 0.2) is 0 Å². The Labute approximate surface area is 198 Å². The second-order valence-corrected chi connectivity index (χ2v) is 9.36. The molecule has 0 unspecified atom stereocenters. The van der Waals surface area contributed by atoms with Crippen molar-refractivity contribution in [3.8, 4) is 0 Å². The molecule has 1 heterocycles. The molecule has 3 N–H and O–H groups in total. The first kappa shape index (κ1) is 24.8.